The summed E-state index contributed by atoms with van der Waals surface area (Å²) in [7, 11) is 10.2. The fourth-order valence-corrected chi connectivity index (χ4v) is 13.8. The fourth-order valence-electron chi connectivity index (χ4n) is 13.5. The Hall–Kier alpha value is -6.53. The third kappa shape index (κ3) is 16.8. The third-order valence-corrected chi connectivity index (χ3v) is 21.0. The van der Waals surface area contributed by atoms with E-state index in [1.807, 2.05) is 6.92 Å². The van der Waals surface area contributed by atoms with Crippen LogP contribution in [0.5, 0.6) is 0 Å². The zero-order chi connectivity index (χ0) is 67.9. The Labute approximate surface area is 539 Å². The monoisotopic (exact) mass is 1300 g/mol. The van der Waals surface area contributed by atoms with Crippen LogP contribution in [0.15, 0.2) is 18.2 Å². The summed E-state index contributed by atoms with van der Waals surface area (Å²) >= 11 is 6.13. The quantitative estimate of drug-likeness (QED) is 0.336. The number of carbonyl (C=O) groups is 11. The number of alkyl halides is 3. The standard InChI is InChI=1S/C65H99ClF3N11O11/c1-15-38(2)53-61(89)75(11)41(5)56(84)80-33-31-49(80)59(87)76(12)50(36-42-22-17-16-18-23-42)58(86)72(8)37-51(81)70-47(30-28-43-27-29-45(46(66)35-43)65(67,68)69)57(85)79-32-21-26-48(79)60(88)78(14)64(6,7)63(91)77(13)54(44-24-19-20-25-44)62(90)73(9)39(3)34-52(82)74(10)40(4)55(83)71-53/h27,29,35,38-42,44,47-50,53-54H,15-26,28,30-34,36-37H2,1-14H3,(H,70,81)(H,71,83)/t38-,39+,40-,41-,47-,48-,49-,50-,53-,54-/m0/s1. The van der Waals surface area contributed by atoms with Crippen molar-refractivity contribution >= 4 is 76.6 Å². The van der Waals surface area contributed by atoms with Crippen LogP contribution < -0.4 is 10.6 Å². The molecule has 1 aromatic carbocycles. The molecule has 0 spiro atoms. The summed E-state index contributed by atoms with van der Waals surface area (Å²) in [6.45, 7) is 11.1. The summed E-state index contributed by atoms with van der Waals surface area (Å²) in [6.07, 6.45) is 3.51. The molecule has 2 saturated carbocycles. The molecule has 2 N–H and O–H groups in total. The van der Waals surface area contributed by atoms with Crippen molar-refractivity contribution in [2.75, 3.05) is 69.0 Å². The number of hydrogen-bond donors (Lipinski definition) is 2. The number of nitrogens with one attached hydrogen (secondary N) is 2. The first-order valence-electron chi connectivity index (χ1n) is 32.5. The van der Waals surface area contributed by atoms with Crippen molar-refractivity contribution in [3.05, 3.63) is 34.3 Å². The first kappa shape index (κ1) is 73.5. The highest BCUT2D eigenvalue weighted by molar-refractivity contribution is 6.31. The highest BCUT2D eigenvalue weighted by Crippen LogP contribution is 2.37. The molecule has 5 aliphatic rings. The number of carbonyl (C=O) groups excluding carboxylic acids is 11. The Bertz CT molecular complexity index is 2870. The normalized spacial score (nSPS) is 28.7. The number of amides is 11. The molecule has 0 aromatic heterocycles. The van der Waals surface area contributed by atoms with Gasteiger partial charge in [0.05, 0.1) is 17.1 Å². The van der Waals surface area contributed by atoms with Crippen LogP contribution in [0.3, 0.4) is 0 Å². The number of nitrogens with zero attached hydrogens (tertiary/aromatic N) is 9. The van der Waals surface area contributed by atoms with Crippen molar-refractivity contribution in [3.63, 3.8) is 0 Å². The number of aryl methyl sites for hydroxylation is 1. The largest absolute Gasteiger partial charge is 0.417 e. The van der Waals surface area contributed by atoms with Gasteiger partial charge in [-0.1, -0.05) is 82.9 Å². The van der Waals surface area contributed by atoms with E-state index in [0.29, 0.717) is 31.2 Å². The minimum Gasteiger partial charge on any atom is -0.343 e. The van der Waals surface area contributed by atoms with Crippen LogP contribution in [0, 0.1) is 17.8 Å². The molecule has 3 heterocycles. The van der Waals surface area contributed by atoms with Gasteiger partial charge < -0.3 is 54.7 Å². The van der Waals surface area contributed by atoms with Gasteiger partial charge in [-0.15, -0.1) is 0 Å². The lowest BCUT2D eigenvalue weighted by Crippen LogP contribution is -2.65. The van der Waals surface area contributed by atoms with Crippen molar-refractivity contribution < 1.29 is 65.9 Å². The van der Waals surface area contributed by atoms with E-state index in [1.165, 1.54) is 101 Å². The summed E-state index contributed by atoms with van der Waals surface area (Å²) in [5.41, 5.74) is -2.38. The Kier molecular flexibility index (Phi) is 25.0. The van der Waals surface area contributed by atoms with E-state index in [4.69, 9.17) is 11.6 Å². The molecule has 2 aliphatic carbocycles. The highest BCUT2D eigenvalue weighted by Gasteiger charge is 2.50. The molecule has 0 unspecified atom stereocenters. The van der Waals surface area contributed by atoms with Gasteiger partial charge in [-0.05, 0) is 121 Å². The summed E-state index contributed by atoms with van der Waals surface area (Å²) in [5, 5.41) is 5.04. The second kappa shape index (κ2) is 30.9. The third-order valence-electron chi connectivity index (χ3n) is 20.7. The molecule has 3 saturated heterocycles. The smallest absolute Gasteiger partial charge is 0.343 e. The number of hydrogen-bond acceptors (Lipinski definition) is 11. The van der Waals surface area contributed by atoms with Crippen molar-refractivity contribution in [1.82, 2.24) is 54.7 Å². The molecule has 91 heavy (non-hydrogen) atoms. The average Bonchev–Trinajstić information content (AvgIpc) is 1.60. The fraction of sp³-hybridized carbons (Fsp3) is 0.738. The minimum atomic E-state index is -4.74. The van der Waals surface area contributed by atoms with Crippen LogP contribution in [0.2, 0.25) is 5.02 Å². The molecule has 11 amide bonds. The van der Waals surface area contributed by atoms with Gasteiger partial charge in [0.2, 0.25) is 65.0 Å². The first-order valence-corrected chi connectivity index (χ1v) is 32.9. The predicted octanol–water partition coefficient (Wildman–Crippen LogP) is 5.35. The van der Waals surface area contributed by atoms with Gasteiger partial charge in [0.15, 0.2) is 0 Å². The maximum atomic E-state index is 15.1. The molecule has 10 atom stereocenters. The molecule has 3 aliphatic heterocycles. The first-order chi connectivity index (χ1) is 42.6. The van der Waals surface area contributed by atoms with Crippen LogP contribution in [-0.2, 0) is 65.3 Å². The van der Waals surface area contributed by atoms with Crippen LogP contribution in [0.25, 0.3) is 0 Å². The SMILES string of the molecule is CC[C@H](C)[C@@H]1NC(=O)[C@H](C)N(C)C(=O)C[C@@H](C)N(C)C(=O)[C@H](C2CCCC2)N(C)C(=O)C(C)(C)N(C)C(=O)[C@@H]2CCCN2C(=O)[C@H](CCc2ccc(C(F)(F)F)c(Cl)c2)NC(=O)CN(C)C(=O)[C@H](CC2CCCCC2)N(C)C(=O)[C@@H]2CCN2C(=O)[C@H](C)N(C)C1=O. The van der Waals surface area contributed by atoms with Gasteiger partial charge in [-0.25, -0.2) is 0 Å². The molecule has 1 aromatic rings. The Morgan fingerprint density at radius 2 is 1.24 bits per heavy atom. The maximum Gasteiger partial charge on any atom is 0.417 e. The average molecular weight is 1300 g/mol. The maximum absolute atomic E-state index is 15.1. The number of benzene rings is 1. The molecule has 508 valence electrons. The van der Waals surface area contributed by atoms with Crippen LogP contribution in [0.1, 0.15) is 162 Å². The lowest BCUT2D eigenvalue weighted by Gasteiger charge is -2.45. The van der Waals surface area contributed by atoms with Gasteiger partial charge in [-0.2, -0.15) is 13.2 Å². The lowest BCUT2D eigenvalue weighted by atomic mass is 9.84. The van der Waals surface area contributed by atoms with Crippen LogP contribution in [-0.4, -0.2) is 238 Å². The molecule has 0 radical (unpaired) electrons. The van der Waals surface area contributed by atoms with E-state index in [-0.39, 0.29) is 63.5 Å². The lowest BCUT2D eigenvalue weighted by molar-refractivity contribution is -0.160. The molecule has 26 heteroatoms. The second-order valence-corrected chi connectivity index (χ2v) is 27.3. The van der Waals surface area contributed by atoms with Crippen molar-refractivity contribution in [2.45, 2.75) is 224 Å². The molecular formula is C65H99ClF3N11O11. The molecular weight excluding hydrogens is 1200 g/mol. The summed E-state index contributed by atoms with van der Waals surface area (Å²) in [4.78, 5) is 173. The van der Waals surface area contributed by atoms with E-state index in [2.05, 4.69) is 10.6 Å². The summed E-state index contributed by atoms with van der Waals surface area (Å²) in [6, 6.07) is -6.59. The van der Waals surface area contributed by atoms with Gasteiger partial charge >= 0.3 is 6.18 Å². The molecule has 22 nitrogen and oxygen atoms in total. The Balaban J connectivity index is 1.37. The topological polar surface area (TPSA) is 241 Å². The zero-order valence-electron chi connectivity index (χ0n) is 55.8. The van der Waals surface area contributed by atoms with E-state index in [1.54, 1.807) is 34.7 Å². The van der Waals surface area contributed by atoms with E-state index >= 15 is 9.59 Å². The van der Waals surface area contributed by atoms with Gasteiger partial charge in [-0.3, -0.25) is 52.7 Å². The van der Waals surface area contributed by atoms with Crippen molar-refractivity contribution in [1.29, 1.82) is 0 Å². The van der Waals surface area contributed by atoms with E-state index in [0.717, 1.165) is 62.0 Å². The van der Waals surface area contributed by atoms with Crippen LogP contribution in [0.4, 0.5) is 13.2 Å². The number of fused-ring (bicyclic) bond motifs is 2. The van der Waals surface area contributed by atoms with Gasteiger partial charge in [0, 0.05) is 74.9 Å². The predicted molar refractivity (Wildman–Crippen MR) is 335 cm³/mol. The number of halogens is 4. The molecule has 5 fully saturated rings. The zero-order valence-corrected chi connectivity index (χ0v) is 56.6. The second-order valence-electron chi connectivity index (χ2n) is 26.9. The Morgan fingerprint density at radius 1 is 0.637 bits per heavy atom. The number of rotatable bonds is 8. The number of likely N-dealkylation sites (N-methyl/N-ethyl adjacent to an activating group) is 7. The van der Waals surface area contributed by atoms with E-state index in [9.17, 15) is 56.3 Å². The van der Waals surface area contributed by atoms with Crippen molar-refractivity contribution in [2.24, 2.45) is 17.8 Å². The van der Waals surface area contributed by atoms with Crippen LogP contribution >= 0.6 is 11.6 Å². The highest BCUT2D eigenvalue weighted by atomic mass is 35.5. The summed E-state index contributed by atoms with van der Waals surface area (Å²) < 4.78 is 41.4. The minimum absolute atomic E-state index is 0.0388. The van der Waals surface area contributed by atoms with E-state index < -0.39 is 154 Å². The summed E-state index contributed by atoms with van der Waals surface area (Å²) in [5.74, 6) is -7.18. The van der Waals surface area contributed by atoms with Crippen molar-refractivity contribution in [3.8, 4) is 0 Å². The Morgan fingerprint density at radius 3 is 1.82 bits per heavy atom. The molecule has 0 bridgehead atoms. The molecule has 6 rings (SSSR count). The van der Waals surface area contributed by atoms with Gasteiger partial charge in [0.25, 0.3) is 0 Å². The van der Waals surface area contributed by atoms with Gasteiger partial charge in [0.1, 0.15) is 53.9 Å².